The van der Waals surface area contributed by atoms with Crippen LogP contribution in [0.1, 0.15) is 26.7 Å². The first-order chi connectivity index (χ1) is 9.16. The molecule has 2 rings (SSSR count). The SMILES string of the molecule is CC(C)OCCCCNc1nc(N)nc2[nH]ncc12. The lowest BCUT2D eigenvalue weighted by Gasteiger charge is -2.08. The highest BCUT2D eigenvalue weighted by molar-refractivity contribution is 5.86. The van der Waals surface area contributed by atoms with E-state index in [1.165, 1.54) is 0 Å². The summed E-state index contributed by atoms with van der Waals surface area (Å²) in [4.78, 5) is 8.25. The average Bonchev–Trinajstić information content (AvgIpc) is 2.80. The molecule has 0 atom stereocenters. The minimum atomic E-state index is 0.238. The Kier molecular flexibility index (Phi) is 4.51. The van der Waals surface area contributed by atoms with Gasteiger partial charge in [0.05, 0.1) is 17.7 Å². The van der Waals surface area contributed by atoms with E-state index < -0.39 is 0 Å². The first kappa shape index (κ1) is 13.5. The van der Waals surface area contributed by atoms with Gasteiger partial charge in [0.15, 0.2) is 5.65 Å². The van der Waals surface area contributed by atoms with Crippen molar-refractivity contribution in [2.45, 2.75) is 32.8 Å². The molecule has 0 bridgehead atoms. The summed E-state index contributed by atoms with van der Waals surface area (Å²) in [5.74, 6) is 0.961. The minimum Gasteiger partial charge on any atom is -0.379 e. The molecule has 19 heavy (non-hydrogen) atoms. The Balaban J connectivity index is 1.83. The van der Waals surface area contributed by atoms with Crippen molar-refractivity contribution >= 4 is 22.8 Å². The number of nitrogens with one attached hydrogen (secondary N) is 2. The Morgan fingerprint density at radius 2 is 2.21 bits per heavy atom. The number of anilines is 2. The molecule has 0 spiro atoms. The second-order valence-electron chi connectivity index (χ2n) is 4.62. The number of ether oxygens (including phenoxy) is 1. The van der Waals surface area contributed by atoms with Crippen molar-refractivity contribution in [3.05, 3.63) is 6.20 Å². The fourth-order valence-corrected chi connectivity index (χ4v) is 1.74. The van der Waals surface area contributed by atoms with Crippen molar-refractivity contribution in [3.8, 4) is 0 Å². The lowest BCUT2D eigenvalue weighted by atomic mass is 10.3. The van der Waals surface area contributed by atoms with Crippen molar-refractivity contribution in [2.24, 2.45) is 0 Å². The van der Waals surface area contributed by atoms with Crippen molar-refractivity contribution < 1.29 is 4.74 Å². The standard InChI is InChI=1S/C12H20N6O/c1-8(2)19-6-4-3-5-14-10-9-7-15-18-11(9)17-12(13)16-10/h7-8H,3-6H2,1-2H3,(H4,13,14,15,16,17,18). The fraction of sp³-hybridized carbons (Fsp3) is 0.583. The van der Waals surface area contributed by atoms with Gasteiger partial charge in [-0.1, -0.05) is 0 Å². The molecule has 2 aromatic rings. The summed E-state index contributed by atoms with van der Waals surface area (Å²) >= 11 is 0. The minimum absolute atomic E-state index is 0.238. The van der Waals surface area contributed by atoms with Gasteiger partial charge in [0, 0.05) is 13.2 Å². The number of nitrogens with two attached hydrogens (primary N) is 1. The molecule has 2 heterocycles. The lowest BCUT2D eigenvalue weighted by Crippen LogP contribution is -2.09. The number of aromatic nitrogens is 4. The van der Waals surface area contributed by atoms with Crippen LogP contribution in [0, 0.1) is 0 Å². The maximum absolute atomic E-state index is 5.64. The van der Waals surface area contributed by atoms with Gasteiger partial charge < -0.3 is 15.8 Å². The smallest absolute Gasteiger partial charge is 0.224 e. The van der Waals surface area contributed by atoms with E-state index in [-0.39, 0.29) is 5.95 Å². The third kappa shape index (κ3) is 3.78. The first-order valence-corrected chi connectivity index (χ1v) is 6.49. The molecular formula is C12H20N6O. The van der Waals surface area contributed by atoms with Crippen LogP contribution in [0.3, 0.4) is 0 Å². The van der Waals surface area contributed by atoms with Crippen LogP contribution in [-0.2, 0) is 4.74 Å². The summed E-state index contributed by atoms with van der Waals surface area (Å²) in [5.41, 5.74) is 6.29. The number of fused-ring (bicyclic) bond motifs is 1. The molecule has 2 aromatic heterocycles. The molecule has 0 aliphatic rings. The van der Waals surface area contributed by atoms with Crippen LogP contribution in [0.25, 0.3) is 11.0 Å². The number of hydrogen-bond acceptors (Lipinski definition) is 6. The van der Waals surface area contributed by atoms with Gasteiger partial charge in [0.2, 0.25) is 5.95 Å². The van der Waals surface area contributed by atoms with Gasteiger partial charge in [-0.15, -0.1) is 0 Å². The molecule has 0 radical (unpaired) electrons. The second-order valence-corrected chi connectivity index (χ2v) is 4.62. The number of H-pyrrole nitrogens is 1. The molecule has 0 aliphatic heterocycles. The predicted molar refractivity (Wildman–Crippen MR) is 74.9 cm³/mol. The number of hydrogen-bond donors (Lipinski definition) is 3. The van der Waals surface area contributed by atoms with Crippen LogP contribution in [0.4, 0.5) is 11.8 Å². The van der Waals surface area contributed by atoms with Crippen LogP contribution >= 0.6 is 0 Å². The molecule has 4 N–H and O–H groups in total. The molecule has 0 saturated heterocycles. The zero-order chi connectivity index (χ0) is 13.7. The number of nitrogens with zero attached hydrogens (tertiary/aromatic N) is 3. The third-order valence-electron chi connectivity index (χ3n) is 2.64. The highest BCUT2D eigenvalue weighted by Crippen LogP contribution is 2.18. The lowest BCUT2D eigenvalue weighted by molar-refractivity contribution is 0.0765. The van der Waals surface area contributed by atoms with Crippen molar-refractivity contribution in [2.75, 3.05) is 24.2 Å². The molecule has 7 heteroatoms. The number of aromatic amines is 1. The van der Waals surface area contributed by atoms with Gasteiger partial charge in [-0.05, 0) is 26.7 Å². The molecule has 0 saturated carbocycles. The van der Waals surface area contributed by atoms with Gasteiger partial charge in [0.25, 0.3) is 0 Å². The number of unbranched alkanes of at least 4 members (excludes halogenated alkanes) is 1. The van der Waals surface area contributed by atoms with E-state index in [0.717, 1.165) is 37.2 Å². The summed E-state index contributed by atoms with van der Waals surface area (Å²) in [6, 6.07) is 0. The van der Waals surface area contributed by atoms with Crippen LogP contribution in [-0.4, -0.2) is 39.4 Å². The Morgan fingerprint density at radius 1 is 1.37 bits per heavy atom. The van der Waals surface area contributed by atoms with E-state index >= 15 is 0 Å². The molecule has 7 nitrogen and oxygen atoms in total. The molecule has 0 fully saturated rings. The number of rotatable bonds is 7. The van der Waals surface area contributed by atoms with Gasteiger partial charge >= 0.3 is 0 Å². The van der Waals surface area contributed by atoms with E-state index in [9.17, 15) is 0 Å². The Labute approximate surface area is 112 Å². The summed E-state index contributed by atoms with van der Waals surface area (Å²) in [6.07, 6.45) is 4.01. The van der Waals surface area contributed by atoms with E-state index in [4.69, 9.17) is 10.5 Å². The van der Waals surface area contributed by atoms with Gasteiger partial charge in [-0.25, -0.2) is 0 Å². The summed E-state index contributed by atoms with van der Waals surface area (Å²) in [6.45, 7) is 5.68. The number of nitrogen functional groups attached to an aromatic ring is 1. The Hall–Kier alpha value is -1.89. The van der Waals surface area contributed by atoms with Crippen LogP contribution in [0.15, 0.2) is 6.20 Å². The maximum Gasteiger partial charge on any atom is 0.224 e. The van der Waals surface area contributed by atoms with Crippen LogP contribution in [0.5, 0.6) is 0 Å². The second kappa shape index (κ2) is 6.33. The zero-order valence-electron chi connectivity index (χ0n) is 11.3. The molecule has 0 unspecified atom stereocenters. The van der Waals surface area contributed by atoms with Crippen molar-refractivity contribution in [1.29, 1.82) is 0 Å². The zero-order valence-corrected chi connectivity index (χ0v) is 11.3. The van der Waals surface area contributed by atoms with E-state index in [2.05, 4.69) is 25.5 Å². The largest absolute Gasteiger partial charge is 0.379 e. The van der Waals surface area contributed by atoms with Crippen LogP contribution < -0.4 is 11.1 Å². The topological polar surface area (TPSA) is 102 Å². The normalized spacial score (nSPS) is 11.3. The average molecular weight is 264 g/mol. The van der Waals surface area contributed by atoms with Crippen molar-refractivity contribution in [1.82, 2.24) is 20.2 Å². The summed E-state index contributed by atoms with van der Waals surface area (Å²) in [7, 11) is 0. The highest BCUT2D eigenvalue weighted by Gasteiger charge is 2.07. The van der Waals surface area contributed by atoms with Crippen LogP contribution in [0.2, 0.25) is 0 Å². The Morgan fingerprint density at radius 3 is 3.00 bits per heavy atom. The molecular weight excluding hydrogens is 244 g/mol. The summed E-state index contributed by atoms with van der Waals surface area (Å²) < 4.78 is 5.48. The molecule has 0 aromatic carbocycles. The fourth-order valence-electron chi connectivity index (χ4n) is 1.74. The van der Waals surface area contributed by atoms with E-state index in [1.54, 1.807) is 6.20 Å². The van der Waals surface area contributed by atoms with Gasteiger partial charge in [0.1, 0.15) is 5.82 Å². The monoisotopic (exact) mass is 264 g/mol. The van der Waals surface area contributed by atoms with Gasteiger partial charge in [-0.2, -0.15) is 15.1 Å². The highest BCUT2D eigenvalue weighted by atomic mass is 16.5. The molecule has 0 aliphatic carbocycles. The molecule has 104 valence electrons. The van der Waals surface area contributed by atoms with E-state index in [1.807, 2.05) is 13.8 Å². The quantitative estimate of drug-likeness (QED) is 0.656. The predicted octanol–water partition coefficient (Wildman–Crippen LogP) is 1.55. The first-order valence-electron chi connectivity index (χ1n) is 6.49. The molecule has 0 amide bonds. The summed E-state index contributed by atoms with van der Waals surface area (Å²) in [5, 5.41) is 10.8. The third-order valence-corrected chi connectivity index (χ3v) is 2.64. The van der Waals surface area contributed by atoms with E-state index in [0.29, 0.717) is 11.8 Å². The van der Waals surface area contributed by atoms with Gasteiger partial charge in [-0.3, -0.25) is 5.10 Å². The maximum atomic E-state index is 5.64. The van der Waals surface area contributed by atoms with Crippen molar-refractivity contribution in [3.63, 3.8) is 0 Å². The Bertz CT molecular complexity index is 524.